The van der Waals surface area contributed by atoms with Gasteiger partial charge in [-0.15, -0.1) is 0 Å². The molecular formula is C21H16N4O5. The number of hydrogen-bond donors (Lipinski definition) is 1. The summed E-state index contributed by atoms with van der Waals surface area (Å²) in [5.41, 5.74) is 7.27. The predicted molar refractivity (Wildman–Crippen MR) is 106 cm³/mol. The Morgan fingerprint density at radius 1 is 1.03 bits per heavy atom. The van der Waals surface area contributed by atoms with E-state index in [4.69, 9.17) is 5.73 Å². The summed E-state index contributed by atoms with van der Waals surface area (Å²) in [5, 5.41) is 11.1. The molecule has 3 aliphatic heterocycles. The number of rotatable bonds is 3. The molecule has 0 aliphatic carbocycles. The van der Waals surface area contributed by atoms with Crippen LogP contribution in [0.25, 0.3) is 6.08 Å². The van der Waals surface area contributed by atoms with E-state index < -0.39 is 46.6 Å². The highest BCUT2D eigenvalue weighted by Crippen LogP contribution is 2.53. The Balaban J connectivity index is 1.64. The van der Waals surface area contributed by atoms with E-state index in [9.17, 15) is 24.5 Å². The summed E-state index contributed by atoms with van der Waals surface area (Å²) in [6.07, 6.45) is 3.54. The zero-order valence-electron chi connectivity index (χ0n) is 15.5. The Hall–Kier alpha value is -4.01. The minimum absolute atomic E-state index is 0.114. The van der Waals surface area contributed by atoms with Crippen LogP contribution < -0.4 is 10.6 Å². The summed E-state index contributed by atoms with van der Waals surface area (Å²) in [4.78, 5) is 52.3. The largest absolute Gasteiger partial charge is 0.368 e. The summed E-state index contributed by atoms with van der Waals surface area (Å²) in [6, 6.07) is 11.3. The number of nitro benzene ring substituents is 1. The van der Waals surface area contributed by atoms with Crippen molar-refractivity contribution in [1.29, 1.82) is 0 Å². The molecule has 2 aromatic rings. The molecule has 3 heterocycles. The fraction of sp³-hybridized carbons (Fsp3) is 0.190. The van der Waals surface area contributed by atoms with Crippen LogP contribution in [-0.2, 0) is 14.4 Å². The quantitative estimate of drug-likeness (QED) is 0.470. The molecule has 2 saturated heterocycles. The Bertz CT molecular complexity index is 1160. The monoisotopic (exact) mass is 404 g/mol. The molecule has 0 radical (unpaired) electrons. The summed E-state index contributed by atoms with van der Waals surface area (Å²) in [7, 11) is 0. The number of hydrogen-bond acceptors (Lipinski definition) is 6. The zero-order valence-corrected chi connectivity index (χ0v) is 15.5. The van der Waals surface area contributed by atoms with Gasteiger partial charge in [-0.1, -0.05) is 30.3 Å². The SMILES string of the molecule is NC(=O)[C@@H]1[C@@H]2C(=O)N(c3cccc([N+](=O)[O-])c3)C(=O)[C@H]2[C@@H]2c3ccccc3C=CN12. The Kier molecular flexibility index (Phi) is 3.76. The second-order valence-electron chi connectivity index (χ2n) is 7.52. The highest BCUT2D eigenvalue weighted by Gasteiger charge is 2.64. The van der Waals surface area contributed by atoms with Crippen LogP contribution in [0.3, 0.4) is 0 Å². The van der Waals surface area contributed by atoms with Gasteiger partial charge in [0.25, 0.3) is 5.69 Å². The number of nitro groups is 1. The number of imide groups is 1. The van der Waals surface area contributed by atoms with E-state index in [1.54, 1.807) is 11.1 Å². The summed E-state index contributed by atoms with van der Waals surface area (Å²) < 4.78 is 0. The van der Waals surface area contributed by atoms with Crippen LogP contribution in [0, 0.1) is 22.0 Å². The Labute approximate surface area is 170 Å². The molecule has 3 aliphatic rings. The molecule has 3 amide bonds. The van der Waals surface area contributed by atoms with Gasteiger partial charge in [0.15, 0.2) is 0 Å². The third kappa shape index (κ3) is 2.32. The standard InChI is InChI=1S/C21H16N4O5/c22-19(26)18-16-15(17-14-7-2-1-4-11(14)8-9-23(17)18)20(27)24(21(16)28)12-5-3-6-13(10-12)25(29)30/h1-10,15-18H,(H2,22,26)/t15-,16-,17+,18+/m1/s1. The average Bonchev–Trinajstić information content (AvgIpc) is 3.21. The smallest absolute Gasteiger partial charge is 0.271 e. The number of anilines is 1. The van der Waals surface area contributed by atoms with Crippen LogP contribution in [0.2, 0.25) is 0 Å². The molecule has 150 valence electrons. The molecule has 2 aromatic carbocycles. The van der Waals surface area contributed by atoms with Gasteiger partial charge < -0.3 is 10.6 Å². The molecule has 2 N–H and O–H groups in total. The van der Waals surface area contributed by atoms with Gasteiger partial charge in [-0.2, -0.15) is 0 Å². The van der Waals surface area contributed by atoms with Crippen molar-refractivity contribution in [2.75, 3.05) is 4.90 Å². The van der Waals surface area contributed by atoms with Crippen molar-refractivity contribution in [1.82, 2.24) is 4.90 Å². The van der Waals surface area contributed by atoms with Crippen LogP contribution in [0.4, 0.5) is 11.4 Å². The van der Waals surface area contributed by atoms with Crippen LogP contribution in [0.5, 0.6) is 0 Å². The number of non-ortho nitro benzene ring substituents is 1. The topological polar surface area (TPSA) is 127 Å². The second-order valence-corrected chi connectivity index (χ2v) is 7.52. The maximum Gasteiger partial charge on any atom is 0.271 e. The summed E-state index contributed by atoms with van der Waals surface area (Å²) >= 11 is 0. The lowest BCUT2D eigenvalue weighted by Crippen LogP contribution is -2.46. The molecule has 9 nitrogen and oxygen atoms in total. The first-order chi connectivity index (χ1) is 14.4. The van der Waals surface area contributed by atoms with Crippen molar-refractivity contribution in [3.63, 3.8) is 0 Å². The van der Waals surface area contributed by atoms with Crippen molar-refractivity contribution >= 4 is 35.2 Å². The van der Waals surface area contributed by atoms with Crippen molar-refractivity contribution in [2.45, 2.75) is 12.1 Å². The van der Waals surface area contributed by atoms with Crippen LogP contribution >= 0.6 is 0 Å². The van der Waals surface area contributed by atoms with Crippen molar-refractivity contribution in [2.24, 2.45) is 17.6 Å². The molecular weight excluding hydrogens is 388 g/mol. The van der Waals surface area contributed by atoms with Crippen molar-refractivity contribution in [3.05, 3.63) is 76.0 Å². The molecule has 4 atom stereocenters. The lowest BCUT2D eigenvalue weighted by Gasteiger charge is -2.34. The first-order valence-corrected chi connectivity index (χ1v) is 9.36. The van der Waals surface area contributed by atoms with E-state index in [1.807, 2.05) is 30.3 Å². The van der Waals surface area contributed by atoms with E-state index in [2.05, 4.69) is 0 Å². The van der Waals surface area contributed by atoms with Crippen LogP contribution in [0.15, 0.2) is 54.7 Å². The molecule has 0 aromatic heterocycles. The molecule has 0 saturated carbocycles. The minimum atomic E-state index is -0.982. The molecule has 30 heavy (non-hydrogen) atoms. The van der Waals surface area contributed by atoms with Crippen LogP contribution in [-0.4, -0.2) is 33.6 Å². The van der Waals surface area contributed by atoms with Gasteiger partial charge in [0.1, 0.15) is 6.04 Å². The Morgan fingerprint density at radius 2 is 1.77 bits per heavy atom. The second kappa shape index (κ2) is 6.24. The number of amides is 3. The minimum Gasteiger partial charge on any atom is -0.368 e. The van der Waals surface area contributed by atoms with Gasteiger partial charge >= 0.3 is 0 Å². The lowest BCUT2D eigenvalue weighted by molar-refractivity contribution is -0.384. The number of primary amides is 1. The van der Waals surface area contributed by atoms with Gasteiger partial charge in [-0.25, -0.2) is 4.90 Å². The van der Waals surface area contributed by atoms with Gasteiger partial charge in [-0.3, -0.25) is 24.5 Å². The average molecular weight is 404 g/mol. The highest BCUT2D eigenvalue weighted by atomic mass is 16.6. The van der Waals surface area contributed by atoms with E-state index in [-0.39, 0.29) is 11.4 Å². The van der Waals surface area contributed by atoms with Gasteiger partial charge in [0.05, 0.1) is 28.5 Å². The summed E-state index contributed by atoms with van der Waals surface area (Å²) in [6.45, 7) is 0. The zero-order chi connectivity index (χ0) is 21.2. The summed E-state index contributed by atoms with van der Waals surface area (Å²) in [5.74, 6) is -3.54. The van der Waals surface area contributed by atoms with Gasteiger partial charge in [0, 0.05) is 18.3 Å². The number of nitrogens with zero attached hydrogens (tertiary/aromatic N) is 3. The van der Waals surface area contributed by atoms with Crippen molar-refractivity contribution < 1.29 is 19.3 Å². The number of nitrogens with two attached hydrogens (primary N) is 1. The van der Waals surface area contributed by atoms with Crippen molar-refractivity contribution in [3.8, 4) is 0 Å². The molecule has 2 fully saturated rings. The molecule has 0 unspecified atom stereocenters. The number of benzene rings is 2. The fourth-order valence-corrected chi connectivity index (χ4v) is 4.88. The maximum absolute atomic E-state index is 13.4. The number of fused-ring (bicyclic) bond motifs is 5. The maximum atomic E-state index is 13.4. The highest BCUT2D eigenvalue weighted by molar-refractivity contribution is 6.24. The number of carbonyl (C=O) groups excluding carboxylic acids is 3. The predicted octanol–water partition coefficient (Wildman–Crippen LogP) is 1.60. The van der Waals surface area contributed by atoms with E-state index >= 15 is 0 Å². The molecule has 0 bridgehead atoms. The molecule has 9 heteroatoms. The van der Waals surface area contributed by atoms with Gasteiger partial charge in [0.2, 0.25) is 17.7 Å². The van der Waals surface area contributed by atoms with Gasteiger partial charge in [-0.05, 0) is 23.3 Å². The van der Waals surface area contributed by atoms with E-state index in [0.29, 0.717) is 0 Å². The molecule has 0 spiro atoms. The van der Waals surface area contributed by atoms with E-state index in [0.717, 1.165) is 16.0 Å². The fourth-order valence-electron chi connectivity index (χ4n) is 4.88. The normalized spacial score (nSPS) is 26.4. The van der Waals surface area contributed by atoms with Crippen LogP contribution in [0.1, 0.15) is 17.2 Å². The molecule has 5 rings (SSSR count). The van der Waals surface area contributed by atoms with E-state index in [1.165, 1.54) is 24.3 Å². The third-order valence-corrected chi connectivity index (χ3v) is 6.05. The Morgan fingerprint density at radius 3 is 2.50 bits per heavy atom. The number of carbonyl (C=O) groups is 3. The lowest BCUT2D eigenvalue weighted by atomic mass is 9.84. The first-order valence-electron chi connectivity index (χ1n) is 9.36. The third-order valence-electron chi connectivity index (χ3n) is 6.05. The first kappa shape index (κ1) is 18.0.